The lowest BCUT2D eigenvalue weighted by molar-refractivity contribution is -0.139. The molecule has 104 valence electrons. The molecule has 0 saturated carbocycles. The summed E-state index contributed by atoms with van der Waals surface area (Å²) in [6.45, 7) is 2.62. The molecular formula is C13H23NO4. The van der Waals surface area contributed by atoms with Gasteiger partial charge in [0.1, 0.15) is 0 Å². The molecule has 2 atom stereocenters. The summed E-state index contributed by atoms with van der Waals surface area (Å²) in [4.78, 5) is 24.5. The number of carbonyl (C=O) groups excluding carboxylic acids is 1. The Morgan fingerprint density at radius 1 is 1.33 bits per heavy atom. The summed E-state index contributed by atoms with van der Waals surface area (Å²) in [5.74, 6) is -0.963. The molecule has 0 bridgehead atoms. The number of rotatable bonds is 6. The van der Waals surface area contributed by atoms with Gasteiger partial charge in [-0.2, -0.15) is 0 Å². The second kappa shape index (κ2) is 7.36. The second-order valence-corrected chi connectivity index (χ2v) is 5.16. The Labute approximate surface area is 108 Å². The van der Waals surface area contributed by atoms with Gasteiger partial charge in [0.15, 0.2) is 0 Å². The van der Waals surface area contributed by atoms with Gasteiger partial charge in [0, 0.05) is 32.0 Å². The Morgan fingerprint density at radius 3 is 2.67 bits per heavy atom. The molecule has 0 spiro atoms. The van der Waals surface area contributed by atoms with Crippen molar-refractivity contribution in [2.75, 3.05) is 13.2 Å². The minimum absolute atomic E-state index is 0.0295. The van der Waals surface area contributed by atoms with E-state index in [1.807, 2.05) is 4.90 Å². The van der Waals surface area contributed by atoms with Crippen molar-refractivity contribution < 1.29 is 19.8 Å². The largest absolute Gasteiger partial charge is 0.481 e. The number of piperidine rings is 1. The molecule has 1 amide bonds. The first-order valence-corrected chi connectivity index (χ1v) is 6.66. The molecule has 2 unspecified atom stereocenters. The molecule has 1 fully saturated rings. The maximum atomic E-state index is 12.1. The van der Waals surface area contributed by atoms with Gasteiger partial charge in [-0.25, -0.2) is 0 Å². The van der Waals surface area contributed by atoms with Crippen LogP contribution in [-0.2, 0) is 9.59 Å². The number of amides is 1. The molecule has 1 heterocycles. The number of carbonyl (C=O) groups is 2. The van der Waals surface area contributed by atoms with Gasteiger partial charge in [-0.3, -0.25) is 9.59 Å². The van der Waals surface area contributed by atoms with Crippen LogP contribution in [0.15, 0.2) is 0 Å². The van der Waals surface area contributed by atoms with Crippen molar-refractivity contribution in [2.45, 2.75) is 51.5 Å². The van der Waals surface area contributed by atoms with Crippen molar-refractivity contribution in [2.24, 2.45) is 5.92 Å². The quantitative estimate of drug-likeness (QED) is 0.750. The van der Waals surface area contributed by atoms with Crippen molar-refractivity contribution in [3.8, 4) is 0 Å². The Balaban J connectivity index is 2.49. The number of carboxylic acids is 1. The number of aliphatic hydroxyl groups excluding tert-OH is 1. The van der Waals surface area contributed by atoms with Gasteiger partial charge in [0.05, 0.1) is 0 Å². The Hall–Kier alpha value is -1.10. The molecule has 0 aromatic heterocycles. The van der Waals surface area contributed by atoms with Crippen LogP contribution in [0.5, 0.6) is 0 Å². The van der Waals surface area contributed by atoms with E-state index >= 15 is 0 Å². The molecular weight excluding hydrogens is 234 g/mol. The molecule has 18 heavy (non-hydrogen) atoms. The highest BCUT2D eigenvalue weighted by atomic mass is 16.4. The zero-order valence-electron chi connectivity index (χ0n) is 11.0. The van der Waals surface area contributed by atoms with Crippen molar-refractivity contribution in [3.05, 3.63) is 0 Å². The van der Waals surface area contributed by atoms with E-state index in [2.05, 4.69) is 0 Å². The molecule has 0 radical (unpaired) electrons. The highest BCUT2D eigenvalue weighted by molar-refractivity contribution is 5.77. The van der Waals surface area contributed by atoms with Crippen LogP contribution < -0.4 is 0 Å². The van der Waals surface area contributed by atoms with Crippen molar-refractivity contribution in [1.29, 1.82) is 0 Å². The Kier molecular flexibility index (Phi) is 6.12. The van der Waals surface area contributed by atoms with E-state index in [4.69, 9.17) is 10.2 Å². The van der Waals surface area contributed by atoms with Crippen LogP contribution in [0.25, 0.3) is 0 Å². The van der Waals surface area contributed by atoms with Crippen LogP contribution in [0.2, 0.25) is 0 Å². The fourth-order valence-electron chi connectivity index (χ4n) is 2.56. The molecule has 5 heteroatoms. The molecule has 0 aromatic rings. The van der Waals surface area contributed by atoms with E-state index in [1.165, 1.54) is 0 Å². The number of nitrogens with zero attached hydrogens (tertiary/aromatic N) is 1. The summed E-state index contributed by atoms with van der Waals surface area (Å²) in [6, 6.07) is 0.133. The fraction of sp³-hybridized carbons (Fsp3) is 0.846. The van der Waals surface area contributed by atoms with Gasteiger partial charge < -0.3 is 15.1 Å². The number of carboxylic acid groups (broad SMARTS) is 1. The predicted molar refractivity (Wildman–Crippen MR) is 67.1 cm³/mol. The van der Waals surface area contributed by atoms with Crippen LogP contribution in [0.3, 0.4) is 0 Å². The summed E-state index contributed by atoms with van der Waals surface area (Å²) in [5.41, 5.74) is 0. The zero-order chi connectivity index (χ0) is 13.5. The highest BCUT2D eigenvalue weighted by Crippen LogP contribution is 2.22. The average Bonchev–Trinajstić information content (AvgIpc) is 2.28. The van der Waals surface area contributed by atoms with Gasteiger partial charge in [-0.05, 0) is 31.6 Å². The van der Waals surface area contributed by atoms with Crippen molar-refractivity contribution >= 4 is 11.9 Å². The summed E-state index contributed by atoms with van der Waals surface area (Å²) in [7, 11) is 0. The summed E-state index contributed by atoms with van der Waals surface area (Å²) >= 11 is 0. The van der Waals surface area contributed by atoms with Gasteiger partial charge >= 0.3 is 5.97 Å². The summed E-state index contributed by atoms with van der Waals surface area (Å²) < 4.78 is 0. The first-order chi connectivity index (χ1) is 8.54. The van der Waals surface area contributed by atoms with Crippen LogP contribution >= 0.6 is 0 Å². The third-order valence-corrected chi connectivity index (χ3v) is 3.46. The van der Waals surface area contributed by atoms with E-state index in [9.17, 15) is 9.59 Å². The normalized spacial score (nSPS) is 21.7. The SMILES string of the molecule is CC(CC(=O)O)CC(=O)N1CCCCC1CCO. The number of hydrogen-bond donors (Lipinski definition) is 2. The van der Waals surface area contributed by atoms with Gasteiger partial charge in [0.2, 0.25) is 5.91 Å². The summed E-state index contributed by atoms with van der Waals surface area (Å²) in [6.07, 6.45) is 3.98. The summed E-state index contributed by atoms with van der Waals surface area (Å²) in [5, 5.41) is 17.7. The first-order valence-electron chi connectivity index (χ1n) is 6.66. The monoisotopic (exact) mass is 257 g/mol. The lowest BCUT2D eigenvalue weighted by Gasteiger charge is -2.36. The molecule has 2 N–H and O–H groups in total. The molecule has 1 aliphatic heterocycles. The standard InChI is InChI=1S/C13H23NO4/c1-10(9-13(17)18)8-12(16)14-6-3-2-4-11(14)5-7-15/h10-11,15H,2-9H2,1H3,(H,17,18). The van der Waals surface area contributed by atoms with Crippen LogP contribution in [-0.4, -0.2) is 46.2 Å². The van der Waals surface area contributed by atoms with E-state index < -0.39 is 5.97 Å². The van der Waals surface area contributed by atoms with E-state index in [0.29, 0.717) is 6.42 Å². The minimum Gasteiger partial charge on any atom is -0.481 e. The predicted octanol–water partition coefficient (Wildman–Crippen LogP) is 1.25. The first kappa shape index (κ1) is 15.0. The number of aliphatic carboxylic acids is 1. The maximum Gasteiger partial charge on any atom is 0.303 e. The van der Waals surface area contributed by atoms with Crippen molar-refractivity contribution in [1.82, 2.24) is 4.90 Å². The lowest BCUT2D eigenvalue weighted by atomic mass is 9.97. The van der Waals surface area contributed by atoms with Crippen LogP contribution in [0.1, 0.15) is 45.4 Å². The van der Waals surface area contributed by atoms with Crippen molar-refractivity contribution in [3.63, 3.8) is 0 Å². The fourth-order valence-corrected chi connectivity index (χ4v) is 2.56. The molecule has 1 rings (SSSR count). The highest BCUT2D eigenvalue weighted by Gasteiger charge is 2.27. The van der Waals surface area contributed by atoms with E-state index in [0.717, 1.165) is 25.8 Å². The smallest absolute Gasteiger partial charge is 0.303 e. The van der Waals surface area contributed by atoms with Crippen LogP contribution in [0, 0.1) is 5.92 Å². The molecule has 0 aliphatic carbocycles. The minimum atomic E-state index is -0.860. The van der Waals surface area contributed by atoms with E-state index in [-0.39, 0.29) is 37.3 Å². The Morgan fingerprint density at radius 2 is 2.06 bits per heavy atom. The third-order valence-electron chi connectivity index (χ3n) is 3.46. The van der Waals surface area contributed by atoms with Gasteiger partial charge in [-0.15, -0.1) is 0 Å². The molecule has 1 aliphatic rings. The van der Waals surface area contributed by atoms with Crippen LogP contribution in [0.4, 0.5) is 0 Å². The van der Waals surface area contributed by atoms with E-state index in [1.54, 1.807) is 6.92 Å². The Bertz CT molecular complexity index is 291. The average molecular weight is 257 g/mol. The number of hydrogen-bond acceptors (Lipinski definition) is 3. The molecule has 1 saturated heterocycles. The number of aliphatic hydroxyl groups is 1. The third kappa shape index (κ3) is 4.64. The number of likely N-dealkylation sites (tertiary alicyclic amines) is 1. The van der Waals surface area contributed by atoms with Gasteiger partial charge in [0.25, 0.3) is 0 Å². The molecule has 5 nitrogen and oxygen atoms in total. The van der Waals surface area contributed by atoms with Gasteiger partial charge in [-0.1, -0.05) is 6.92 Å². The maximum absolute atomic E-state index is 12.1. The second-order valence-electron chi connectivity index (χ2n) is 5.16. The molecule has 0 aromatic carbocycles. The lowest BCUT2D eigenvalue weighted by Crippen LogP contribution is -2.44. The topological polar surface area (TPSA) is 77.8 Å². The zero-order valence-corrected chi connectivity index (χ0v) is 11.0.